The average molecular weight is 331 g/mol. The third kappa shape index (κ3) is 4.34. The molecule has 130 valence electrons. The number of hydrogen-bond donors (Lipinski definition) is 1. The molecule has 1 unspecified atom stereocenters. The first kappa shape index (κ1) is 18.0. The molecule has 1 atom stereocenters. The summed E-state index contributed by atoms with van der Waals surface area (Å²) in [6, 6.07) is 7.35. The van der Waals surface area contributed by atoms with Crippen LogP contribution in [0.25, 0.3) is 0 Å². The molecule has 6 heteroatoms. The highest BCUT2D eigenvalue weighted by atomic mass is 16.2. The molecule has 24 heavy (non-hydrogen) atoms. The van der Waals surface area contributed by atoms with Gasteiger partial charge < -0.3 is 15.1 Å². The molecule has 1 aromatic carbocycles. The van der Waals surface area contributed by atoms with Gasteiger partial charge in [0, 0.05) is 38.8 Å². The molecule has 1 saturated heterocycles. The second-order valence-electron chi connectivity index (χ2n) is 6.69. The molecule has 0 spiro atoms. The second-order valence-corrected chi connectivity index (χ2v) is 6.69. The first-order chi connectivity index (χ1) is 11.3. The summed E-state index contributed by atoms with van der Waals surface area (Å²) in [6.45, 7) is 4.37. The summed E-state index contributed by atoms with van der Waals surface area (Å²) in [5.74, 6) is -0.383. The van der Waals surface area contributed by atoms with Crippen LogP contribution in [0.15, 0.2) is 24.3 Å². The first-order valence-corrected chi connectivity index (χ1v) is 8.17. The van der Waals surface area contributed by atoms with Crippen molar-refractivity contribution in [1.82, 2.24) is 9.80 Å². The van der Waals surface area contributed by atoms with Gasteiger partial charge in [0.1, 0.15) is 0 Å². The Bertz CT molecular complexity index is 623. The number of nitrogens with one attached hydrogen (secondary N) is 1. The molecule has 0 radical (unpaired) electrons. The van der Waals surface area contributed by atoms with Crippen molar-refractivity contribution in [2.75, 3.05) is 26.0 Å². The maximum atomic E-state index is 12.3. The van der Waals surface area contributed by atoms with Crippen LogP contribution in [0.4, 0.5) is 5.69 Å². The molecule has 2 rings (SSSR count). The topological polar surface area (TPSA) is 69.7 Å². The quantitative estimate of drug-likeness (QED) is 0.889. The van der Waals surface area contributed by atoms with Gasteiger partial charge in [-0.25, -0.2) is 0 Å². The van der Waals surface area contributed by atoms with Gasteiger partial charge >= 0.3 is 0 Å². The number of carbonyl (C=O) groups excluding carboxylic acids is 3. The van der Waals surface area contributed by atoms with Gasteiger partial charge in [-0.15, -0.1) is 0 Å². The molecule has 6 nitrogen and oxygen atoms in total. The van der Waals surface area contributed by atoms with Crippen molar-refractivity contribution in [1.29, 1.82) is 0 Å². The second kappa shape index (κ2) is 7.47. The van der Waals surface area contributed by atoms with Crippen molar-refractivity contribution in [3.8, 4) is 0 Å². The van der Waals surface area contributed by atoms with Crippen LogP contribution in [-0.4, -0.2) is 54.2 Å². The smallest absolute Gasteiger partial charge is 0.229 e. The number of amides is 3. The van der Waals surface area contributed by atoms with Gasteiger partial charge in [0.2, 0.25) is 17.7 Å². The summed E-state index contributed by atoms with van der Waals surface area (Å²) in [4.78, 5) is 39.2. The van der Waals surface area contributed by atoms with E-state index in [9.17, 15) is 14.4 Å². The number of anilines is 1. The van der Waals surface area contributed by atoms with Crippen molar-refractivity contribution in [3.63, 3.8) is 0 Å². The zero-order valence-corrected chi connectivity index (χ0v) is 14.7. The molecule has 1 aliphatic heterocycles. The Kier molecular flexibility index (Phi) is 5.59. The maximum Gasteiger partial charge on any atom is 0.229 e. The molecule has 1 aromatic rings. The molecule has 0 aromatic heterocycles. The molecular weight excluding hydrogens is 306 g/mol. The van der Waals surface area contributed by atoms with E-state index in [-0.39, 0.29) is 36.1 Å². The molecule has 0 bridgehead atoms. The van der Waals surface area contributed by atoms with Crippen LogP contribution in [0.3, 0.4) is 0 Å². The van der Waals surface area contributed by atoms with Gasteiger partial charge in [-0.05, 0) is 31.5 Å². The fraction of sp³-hybridized carbons (Fsp3) is 0.500. The predicted molar refractivity (Wildman–Crippen MR) is 92.4 cm³/mol. The van der Waals surface area contributed by atoms with E-state index in [4.69, 9.17) is 0 Å². The molecule has 1 aliphatic rings. The number of benzene rings is 1. The van der Waals surface area contributed by atoms with Gasteiger partial charge in [-0.1, -0.05) is 12.1 Å². The van der Waals surface area contributed by atoms with E-state index in [1.165, 1.54) is 0 Å². The molecule has 0 saturated carbocycles. The molecule has 3 amide bonds. The Morgan fingerprint density at radius 3 is 2.38 bits per heavy atom. The number of likely N-dealkylation sites (N-methyl/N-ethyl adjacent to an activating group) is 1. The number of hydrogen-bond acceptors (Lipinski definition) is 3. The summed E-state index contributed by atoms with van der Waals surface area (Å²) in [6.07, 6.45) is 0.598. The number of likely N-dealkylation sites (tertiary alicyclic amines) is 1. The zero-order valence-electron chi connectivity index (χ0n) is 14.7. The monoisotopic (exact) mass is 331 g/mol. The third-order valence-corrected chi connectivity index (χ3v) is 4.23. The van der Waals surface area contributed by atoms with Crippen LogP contribution >= 0.6 is 0 Å². The molecule has 0 aliphatic carbocycles. The highest BCUT2D eigenvalue weighted by Gasteiger charge is 2.35. The van der Waals surface area contributed by atoms with Crippen LogP contribution < -0.4 is 5.32 Å². The molecule has 1 fully saturated rings. The van der Waals surface area contributed by atoms with Crippen molar-refractivity contribution in [2.24, 2.45) is 5.92 Å². The van der Waals surface area contributed by atoms with Crippen molar-refractivity contribution >= 4 is 23.4 Å². The number of nitrogens with zero attached hydrogens (tertiary/aromatic N) is 2. The van der Waals surface area contributed by atoms with E-state index in [2.05, 4.69) is 5.32 Å². The van der Waals surface area contributed by atoms with E-state index in [1.54, 1.807) is 36.0 Å². The van der Waals surface area contributed by atoms with Crippen LogP contribution in [0.5, 0.6) is 0 Å². The highest BCUT2D eigenvalue weighted by Crippen LogP contribution is 2.22. The van der Waals surface area contributed by atoms with Gasteiger partial charge in [-0.3, -0.25) is 14.4 Å². The standard InChI is InChI=1S/C18H25N3O3/c1-12(2)21-11-14(10-17(21)23)18(24)19-15-7-5-13(6-8-15)9-16(22)20(3)4/h5-8,12,14H,9-11H2,1-4H3,(H,19,24). The summed E-state index contributed by atoms with van der Waals surface area (Å²) >= 11 is 0. The Morgan fingerprint density at radius 2 is 1.88 bits per heavy atom. The lowest BCUT2D eigenvalue weighted by Crippen LogP contribution is -2.33. The van der Waals surface area contributed by atoms with Gasteiger partial charge in [0.25, 0.3) is 0 Å². The van der Waals surface area contributed by atoms with E-state index in [0.29, 0.717) is 18.7 Å². The summed E-state index contributed by atoms with van der Waals surface area (Å²) in [7, 11) is 3.44. The Hall–Kier alpha value is -2.37. The minimum atomic E-state index is -0.310. The van der Waals surface area contributed by atoms with Crippen LogP contribution in [-0.2, 0) is 20.8 Å². The van der Waals surface area contributed by atoms with Crippen molar-refractivity contribution in [2.45, 2.75) is 32.7 Å². The normalized spacial score (nSPS) is 17.3. The minimum absolute atomic E-state index is 0.0303. The lowest BCUT2D eigenvalue weighted by Gasteiger charge is -2.20. The third-order valence-electron chi connectivity index (χ3n) is 4.23. The molecular formula is C18H25N3O3. The SMILES string of the molecule is CC(C)N1CC(C(=O)Nc2ccc(CC(=O)N(C)C)cc2)CC1=O. The maximum absolute atomic E-state index is 12.3. The van der Waals surface area contributed by atoms with Crippen LogP contribution in [0, 0.1) is 5.92 Å². The summed E-state index contributed by atoms with van der Waals surface area (Å²) in [5, 5.41) is 2.85. The minimum Gasteiger partial charge on any atom is -0.349 e. The fourth-order valence-electron chi connectivity index (χ4n) is 2.69. The van der Waals surface area contributed by atoms with Crippen molar-refractivity contribution in [3.05, 3.63) is 29.8 Å². The summed E-state index contributed by atoms with van der Waals surface area (Å²) in [5.41, 5.74) is 1.57. The molecule has 1 N–H and O–H groups in total. The van der Waals surface area contributed by atoms with Gasteiger partial charge in [-0.2, -0.15) is 0 Å². The fourth-order valence-corrected chi connectivity index (χ4v) is 2.69. The van der Waals surface area contributed by atoms with Gasteiger partial charge in [0.05, 0.1) is 12.3 Å². The molecule has 1 heterocycles. The Balaban J connectivity index is 1.93. The van der Waals surface area contributed by atoms with E-state index in [0.717, 1.165) is 5.56 Å². The lowest BCUT2D eigenvalue weighted by atomic mass is 10.1. The van der Waals surface area contributed by atoms with Crippen LogP contribution in [0.1, 0.15) is 25.8 Å². The predicted octanol–water partition coefficient (Wildman–Crippen LogP) is 1.51. The van der Waals surface area contributed by atoms with E-state index >= 15 is 0 Å². The van der Waals surface area contributed by atoms with E-state index in [1.807, 2.05) is 26.0 Å². The van der Waals surface area contributed by atoms with Crippen LogP contribution in [0.2, 0.25) is 0 Å². The first-order valence-electron chi connectivity index (χ1n) is 8.17. The van der Waals surface area contributed by atoms with E-state index < -0.39 is 0 Å². The van der Waals surface area contributed by atoms with Gasteiger partial charge in [0.15, 0.2) is 0 Å². The zero-order chi connectivity index (χ0) is 17.9. The number of rotatable bonds is 5. The lowest BCUT2D eigenvalue weighted by molar-refractivity contribution is -0.129. The average Bonchev–Trinajstić information content (AvgIpc) is 2.91. The summed E-state index contributed by atoms with van der Waals surface area (Å²) < 4.78 is 0. The highest BCUT2D eigenvalue weighted by molar-refractivity contribution is 5.97. The largest absolute Gasteiger partial charge is 0.349 e. The Labute approximate surface area is 142 Å². The van der Waals surface area contributed by atoms with Crippen molar-refractivity contribution < 1.29 is 14.4 Å². The Morgan fingerprint density at radius 1 is 1.25 bits per heavy atom. The number of carbonyl (C=O) groups is 3.